The van der Waals surface area contributed by atoms with Gasteiger partial charge in [-0.1, -0.05) is 45.0 Å². The summed E-state index contributed by atoms with van der Waals surface area (Å²) in [5.41, 5.74) is 2.84. The van der Waals surface area contributed by atoms with E-state index in [1.54, 1.807) is 10.6 Å². The van der Waals surface area contributed by atoms with Crippen molar-refractivity contribution in [1.82, 2.24) is 4.57 Å². The summed E-state index contributed by atoms with van der Waals surface area (Å²) in [6, 6.07) is 12.3. The standard InChI is InChI=1S/C20H20FNO/c1-4-14-7-5-6-8-19(14)22-12-18(13(2)3)16-10-9-15(21)11-17(16)20(22)23/h5-13H,4H2,1-3H3. The second-order valence-electron chi connectivity index (χ2n) is 6.09. The first kappa shape index (κ1) is 15.5. The van der Waals surface area contributed by atoms with Gasteiger partial charge in [0.1, 0.15) is 5.82 Å². The van der Waals surface area contributed by atoms with E-state index in [9.17, 15) is 9.18 Å². The van der Waals surface area contributed by atoms with Gasteiger partial charge in [0.15, 0.2) is 0 Å². The molecule has 0 spiro atoms. The van der Waals surface area contributed by atoms with Crippen LogP contribution in [-0.4, -0.2) is 4.57 Å². The van der Waals surface area contributed by atoms with Crippen molar-refractivity contribution in [2.45, 2.75) is 33.1 Å². The molecule has 2 aromatic carbocycles. The van der Waals surface area contributed by atoms with Crippen LogP contribution in [0.1, 0.15) is 37.8 Å². The van der Waals surface area contributed by atoms with Crippen LogP contribution < -0.4 is 5.56 Å². The summed E-state index contributed by atoms with van der Waals surface area (Å²) in [5, 5.41) is 1.26. The molecule has 0 radical (unpaired) electrons. The first-order chi connectivity index (χ1) is 11.0. The third-order valence-electron chi connectivity index (χ3n) is 4.26. The fourth-order valence-corrected chi connectivity index (χ4v) is 3.03. The minimum atomic E-state index is -0.383. The molecule has 0 N–H and O–H groups in total. The van der Waals surface area contributed by atoms with Gasteiger partial charge in [0.05, 0.1) is 11.1 Å². The smallest absolute Gasteiger partial charge is 0.263 e. The van der Waals surface area contributed by atoms with E-state index in [1.165, 1.54) is 12.1 Å². The summed E-state index contributed by atoms with van der Waals surface area (Å²) < 4.78 is 15.3. The van der Waals surface area contributed by atoms with Crippen molar-refractivity contribution < 1.29 is 4.39 Å². The van der Waals surface area contributed by atoms with Gasteiger partial charge in [-0.2, -0.15) is 0 Å². The fourth-order valence-electron chi connectivity index (χ4n) is 3.03. The highest BCUT2D eigenvalue weighted by Crippen LogP contribution is 2.25. The molecule has 0 saturated heterocycles. The maximum absolute atomic E-state index is 13.7. The van der Waals surface area contributed by atoms with Gasteiger partial charge in [0.2, 0.25) is 0 Å². The summed E-state index contributed by atoms with van der Waals surface area (Å²) in [5.74, 6) is -0.144. The summed E-state index contributed by atoms with van der Waals surface area (Å²) >= 11 is 0. The van der Waals surface area contributed by atoms with Crippen molar-refractivity contribution in [3.05, 3.63) is 76.0 Å². The molecule has 0 saturated carbocycles. The number of hydrogen-bond donors (Lipinski definition) is 0. The molecule has 3 rings (SSSR count). The van der Waals surface area contributed by atoms with E-state index in [0.29, 0.717) is 5.39 Å². The molecule has 0 bridgehead atoms. The van der Waals surface area contributed by atoms with Crippen LogP contribution in [0.5, 0.6) is 0 Å². The molecule has 0 unspecified atom stereocenters. The molecule has 3 aromatic rings. The first-order valence-electron chi connectivity index (χ1n) is 7.96. The van der Waals surface area contributed by atoms with Crippen molar-refractivity contribution >= 4 is 10.8 Å². The number of nitrogens with zero attached hydrogens (tertiary/aromatic N) is 1. The van der Waals surface area contributed by atoms with Crippen molar-refractivity contribution in [2.75, 3.05) is 0 Å². The van der Waals surface area contributed by atoms with Gasteiger partial charge in [-0.3, -0.25) is 9.36 Å². The normalized spacial score (nSPS) is 11.3. The number of para-hydroxylation sites is 1. The lowest BCUT2D eigenvalue weighted by Gasteiger charge is -2.16. The number of pyridine rings is 1. The number of aryl methyl sites for hydroxylation is 1. The molecule has 0 amide bonds. The predicted octanol–water partition coefficient (Wildman–Crippen LogP) is 4.82. The zero-order valence-electron chi connectivity index (χ0n) is 13.6. The molecule has 2 nitrogen and oxygen atoms in total. The Bertz CT molecular complexity index is 925. The second kappa shape index (κ2) is 5.99. The highest BCUT2D eigenvalue weighted by atomic mass is 19.1. The third kappa shape index (κ3) is 2.67. The van der Waals surface area contributed by atoms with Crippen molar-refractivity contribution in [3.63, 3.8) is 0 Å². The highest BCUT2D eigenvalue weighted by Gasteiger charge is 2.14. The fraction of sp³-hybridized carbons (Fsp3) is 0.250. The van der Waals surface area contributed by atoms with Crippen LogP contribution in [0.15, 0.2) is 53.5 Å². The summed E-state index contributed by atoms with van der Waals surface area (Å²) in [6.45, 7) is 6.23. The third-order valence-corrected chi connectivity index (χ3v) is 4.26. The Kier molecular flexibility index (Phi) is 4.03. The number of halogens is 1. The van der Waals surface area contributed by atoms with Gasteiger partial charge in [0.25, 0.3) is 5.56 Å². The van der Waals surface area contributed by atoms with Gasteiger partial charge in [-0.15, -0.1) is 0 Å². The minimum Gasteiger partial charge on any atom is -0.283 e. The van der Waals surface area contributed by atoms with E-state index < -0.39 is 0 Å². The van der Waals surface area contributed by atoms with Crippen molar-refractivity contribution in [1.29, 1.82) is 0 Å². The molecule has 1 heterocycles. The predicted molar refractivity (Wildman–Crippen MR) is 93.0 cm³/mol. The van der Waals surface area contributed by atoms with Crippen LogP contribution >= 0.6 is 0 Å². The molecule has 0 fully saturated rings. The van der Waals surface area contributed by atoms with E-state index >= 15 is 0 Å². The molecule has 1 aromatic heterocycles. The van der Waals surface area contributed by atoms with Gasteiger partial charge in [-0.25, -0.2) is 4.39 Å². The molecule has 3 heteroatoms. The number of aromatic nitrogens is 1. The zero-order valence-corrected chi connectivity index (χ0v) is 13.6. The quantitative estimate of drug-likeness (QED) is 0.680. The summed E-state index contributed by atoms with van der Waals surface area (Å²) in [6.07, 6.45) is 2.74. The largest absolute Gasteiger partial charge is 0.283 e. The van der Waals surface area contributed by atoms with Crippen LogP contribution in [0.4, 0.5) is 4.39 Å². The Morgan fingerprint density at radius 3 is 2.52 bits per heavy atom. The SMILES string of the molecule is CCc1ccccc1-n1cc(C(C)C)c2ccc(F)cc2c1=O. The van der Waals surface area contributed by atoms with Crippen molar-refractivity contribution in [2.24, 2.45) is 0 Å². The van der Waals surface area contributed by atoms with Crippen LogP contribution in [0.25, 0.3) is 16.5 Å². The van der Waals surface area contributed by atoms with Gasteiger partial charge >= 0.3 is 0 Å². The Morgan fingerprint density at radius 1 is 1.09 bits per heavy atom. The number of benzene rings is 2. The zero-order chi connectivity index (χ0) is 16.6. The van der Waals surface area contributed by atoms with Crippen LogP contribution in [0.3, 0.4) is 0 Å². The minimum absolute atomic E-state index is 0.176. The molecule has 0 aliphatic rings. The monoisotopic (exact) mass is 309 g/mol. The molecular formula is C20H20FNO. The van der Waals surface area contributed by atoms with E-state index in [0.717, 1.165) is 28.6 Å². The topological polar surface area (TPSA) is 22.0 Å². The maximum Gasteiger partial charge on any atom is 0.263 e. The van der Waals surface area contributed by atoms with Crippen LogP contribution in [0, 0.1) is 5.82 Å². The van der Waals surface area contributed by atoms with E-state index in [-0.39, 0.29) is 17.3 Å². The first-order valence-corrected chi connectivity index (χ1v) is 7.96. The van der Waals surface area contributed by atoms with Crippen molar-refractivity contribution in [3.8, 4) is 5.69 Å². The van der Waals surface area contributed by atoms with Gasteiger partial charge in [-0.05, 0) is 47.1 Å². The second-order valence-corrected chi connectivity index (χ2v) is 6.09. The molecule has 0 aliphatic heterocycles. The Hall–Kier alpha value is -2.42. The number of fused-ring (bicyclic) bond motifs is 1. The highest BCUT2D eigenvalue weighted by molar-refractivity contribution is 5.85. The van der Waals surface area contributed by atoms with Crippen LogP contribution in [0.2, 0.25) is 0 Å². The number of rotatable bonds is 3. The van der Waals surface area contributed by atoms with Crippen LogP contribution in [-0.2, 0) is 6.42 Å². The molecular weight excluding hydrogens is 289 g/mol. The molecule has 118 valence electrons. The summed E-state index contributed by atoms with van der Waals surface area (Å²) in [4.78, 5) is 12.9. The lowest BCUT2D eigenvalue weighted by molar-refractivity contribution is 0.629. The summed E-state index contributed by atoms with van der Waals surface area (Å²) in [7, 11) is 0. The molecule has 0 aliphatic carbocycles. The average molecular weight is 309 g/mol. The lowest BCUT2D eigenvalue weighted by atomic mass is 9.98. The maximum atomic E-state index is 13.7. The molecule has 0 atom stereocenters. The van der Waals surface area contributed by atoms with Gasteiger partial charge < -0.3 is 0 Å². The average Bonchev–Trinajstić information content (AvgIpc) is 2.55. The Labute approximate surface area is 135 Å². The Balaban J connectivity index is 2.42. The van der Waals surface area contributed by atoms with E-state index in [4.69, 9.17) is 0 Å². The van der Waals surface area contributed by atoms with E-state index in [2.05, 4.69) is 20.8 Å². The number of hydrogen-bond acceptors (Lipinski definition) is 1. The van der Waals surface area contributed by atoms with E-state index in [1.807, 2.05) is 30.5 Å². The van der Waals surface area contributed by atoms with Gasteiger partial charge in [0, 0.05) is 6.20 Å². The molecule has 23 heavy (non-hydrogen) atoms. The Morgan fingerprint density at radius 2 is 1.83 bits per heavy atom. The lowest BCUT2D eigenvalue weighted by Crippen LogP contribution is -2.20.